The van der Waals surface area contributed by atoms with Crippen molar-refractivity contribution in [1.82, 2.24) is 0 Å². The molecule has 0 aromatic heterocycles. The quantitative estimate of drug-likeness (QED) is 0.551. The highest BCUT2D eigenvalue weighted by molar-refractivity contribution is 6.03. The third-order valence-electron chi connectivity index (χ3n) is 5.19. The molecule has 0 saturated heterocycles. The highest BCUT2D eigenvalue weighted by atomic mass is 16.5. The Labute approximate surface area is 192 Å². The van der Waals surface area contributed by atoms with E-state index in [9.17, 15) is 9.59 Å². The molecule has 0 radical (unpaired) electrons. The van der Waals surface area contributed by atoms with Gasteiger partial charge in [-0.3, -0.25) is 9.59 Å². The molecule has 0 fully saturated rings. The van der Waals surface area contributed by atoms with Crippen LogP contribution in [0.5, 0.6) is 17.2 Å². The topological polar surface area (TPSA) is 77.1 Å². The molecule has 0 spiro atoms. The predicted molar refractivity (Wildman–Crippen MR) is 127 cm³/mol. The van der Waals surface area contributed by atoms with Crippen molar-refractivity contribution in [3.05, 3.63) is 83.9 Å². The summed E-state index contributed by atoms with van der Waals surface area (Å²) in [5.41, 5.74) is 2.98. The van der Waals surface area contributed by atoms with Gasteiger partial charge in [0.1, 0.15) is 5.75 Å². The number of hydrogen-bond donors (Lipinski definition) is 1. The number of anilines is 2. The van der Waals surface area contributed by atoms with Crippen molar-refractivity contribution in [3.63, 3.8) is 0 Å². The summed E-state index contributed by atoms with van der Waals surface area (Å²) in [7, 11) is 3.13. The third-order valence-corrected chi connectivity index (χ3v) is 5.19. The molecule has 0 aliphatic carbocycles. The summed E-state index contributed by atoms with van der Waals surface area (Å²) in [5, 5.41) is 2.84. The average molecular weight is 444 g/mol. The second kappa shape index (κ2) is 9.91. The van der Waals surface area contributed by atoms with Crippen LogP contribution in [0.4, 0.5) is 11.4 Å². The number of nitrogens with zero attached hydrogens (tertiary/aromatic N) is 1. The summed E-state index contributed by atoms with van der Waals surface area (Å²) in [6.07, 6.45) is 3.12. The van der Waals surface area contributed by atoms with Crippen LogP contribution in [0, 0.1) is 0 Å². The Morgan fingerprint density at radius 3 is 2.58 bits per heavy atom. The zero-order chi connectivity index (χ0) is 23.2. The monoisotopic (exact) mass is 444 g/mol. The van der Waals surface area contributed by atoms with Crippen molar-refractivity contribution in [2.75, 3.05) is 31.0 Å². The zero-order valence-electron chi connectivity index (χ0n) is 18.4. The summed E-state index contributed by atoms with van der Waals surface area (Å²) in [6, 6.07) is 20.4. The number of methoxy groups -OCH3 is 2. The molecule has 1 aliphatic rings. The zero-order valence-corrected chi connectivity index (χ0v) is 18.4. The molecule has 1 heterocycles. The van der Waals surface area contributed by atoms with Crippen molar-refractivity contribution < 1.29 is 23.8 Å². The maximum Gasteiger partial charge on any atom is 0.265 e. The lowest BCUT2D eigenvalue weighted by Gasteiger charge is -2.30. The fourth-order valence-electron chi connectivity index (χ4n) is 3.53. The van der Waals surface area contributed by atoms with E-state index < -0.39 is 0 Å². The van der Waals surface area contributed by atoms with Crippen molar-refractivity contribution >= 4 is 29.3 Å². The fourth-order valence-corrected chi connectivity index (χ4v) is 3.53. The minimum absolute atomic E-state index is 0.0143. The average Bonchev–Trinajstić information content (AvgIpc) is 2.85. The Kier molecular flexibility index (Phi) is 6.59. The Hall–Kier alpha value is -4.26. The van der Waals surface area contributed by atoms with E-state index in [1.807, 2.05) is 36.4 Å². The molecule has 0 bridgehead atoms. The van der Waals surface area contributed by atoms with Crippen molar-refractivity contribution in [1.29, 1.82) is 0 Å². The van der Waals surface area contributed by atoms with Crippen LogP contribution in [0.25, 0.3) is 6.08 Å². The van der Waals surface area contributed by atoms with Gasteiger partial charge in [-0.15, -0.1) is 0 Å². The smallest absolute Gasteiger partial charge is 0.265 e. The number of benzene rings is 3. The van der Waals surface area contributed by atoms with E-state index in [0.717, 1.165) is 11.1 Å². The largest absolute Gasteiger partial charge is 0.493 e. The van der Waals surface area contributed by atoms with Gasteiger partial charge in [0.25, 0.3) is 5.91 Å². The van der Waals surface area contributed by atoms with Crippen LogP contribution < -0.4 is 24.4 Å². The highest BCUT2D eigenvalue weighted by Crippen LogP contribution is 2.35. The van der Waals surface area contributed by atoms with Crippen LogP contribution in [-0.4, -0.2) is 32.6 Å². The van der Waals surface area contributed by atoms with Gasteiger partial charge < -0.3 is 24.4 Å². The molecule has 1 N–H and O–H groups in total. The molecule has 3 aromatic rings. The Balaban J connectivity index is 1.49. The van der Waals surface area contributed by atoms with Crippen LogP contribution in [0.3, 0.4) is 0 Å². The maximum absolute atomic E-state index is 12.5. The number of ether oxygens (including phenoxy) is 3. The van der Waals surface area contributed by atoms with E-state index in [1.54, 1.807) is 55.5 Å². The molecule has 7 nitrogen and oxygen atoms in total. The molecule has 0 atom stereocenters. The minimum Gasteiger partial charge on any atom is -0.493 e. The lowest BCUT2D eigenvalue weighted by atomic mass is 10.1. The number of hydrogen-bond acceptors (Lipinski definition) is 5. The predicted octanol–water partition coefficient (Wildman–Crippen LogP) is 4.28. The van der Waals surface area contributed by atoms with Gasteiger partial charge in [-0.25, -0.2) is 0 Å². The standard InChI is InChI=1S/C26H24N2O5/c1-31-23-11-8-18(14-24(23)32-2)9-13-25(29)27-20-10-12-22-21(15-20)28(26(30)17-33-22)16-19-6-4-3-5-7-19/h3-15H,16-17H2,1-2H3,(H,27,29)/b13-9+. The molecule has 2 amide bonds. The molecule has 168 valence electrons. The van der Waals surface area contributed by atoms with E-state index in [-0.39, 0.29) is 18.4 Å². The van der Waals surface area contributed by atoms with Gasteiger partial charge in [0, 0.05) is 11.8 Å². The normalized spacial score (nSPS) is 12.8. The number of rotatable bonds is 7. The summed E-state index contributed by atoms with van der Waals surface area (Å²) in [4.78, 5) is 26.7. The lowest BCUT2D eigenvalue weighted by molar-refractivity contribution is -0.121. The van der Waals surface area contributed by atoms with Gasteiger partial charge >= 0.3 is 0 Å². The molecular weight excluding hydrogens is 420 g/mol. The first-order chi connectivity index (χ1) is 16.1. The van der Waals surface area contributed by atoms with Crippen LogP contribution >= 0.6 is 0 Å². The van der Waals surface area contributed by atoms with Gasteiger partial charge in [-0.2, -0.15) is 0 Å². The SMILES string of the molecule is COc1ccc(/C=C/C(=O)Nc2ccc3c(c2)N(Cc2ccccc2)C(=O)CO3)cc1OC. The van der Waals surface area contributed by atoms with E-state index in [4.69, 9.17) is 14.2 Å². The first-order valence-corrected chi connectivity index (χ1v) is 10.4. The maximum atomic E-state index is 12.5. The summed E-state index contributed by atoms with van der Waals surface area (Å²) in [6.45, 7) is 0.409. The number of nitrogens with one attached hydrogen (secondary N) is 1. The molecule has 33 heavy (non-hydrogen) atoms. The minimum atomic E-state index is -0.303. The summed E-state index contributed by atoms with van der Waals surface area (Å²) in [5.74, 6) is 1.36. The van der Waals surface area contributed by atoms with Crippen LogP contribution in [-0.2, 0) is 16.1 Å². The number of carbonyl (C=O) groups excluding carboxylic acids is 2. The molecular formula is C26H24N2O5. The highest BCUT2D eigenvalue weighted by Gasteiger charge is 2.26. The Morgan fingerprint density at radius 2 is 1.82 bits per heavy atom. The first kappa shape index (κ1) is 22.0. The number of amides is 2. The van der Waals surface area contributed by atoms with Crippen LogP contribution in [0.15, 0.2) is 72.8 Å². The van der Waals surface area contributed by atoms with Crippen molar-refractivity contribution in [2.24, 2.45) is 0 Å². The van der Waals surface area contributed by atoms with E-state index >= 15 is 0 Å². The molecule has 0 saturated carbocycles. The van der Waals surface area contributed by atoms with Crippen LogP contribution in [0.2, 0.25) is 0 Å². The van der Waals surface area contributed by atoms with Gasteiger partial charge in [0.05, 0.1) is 26.5 Å². The van der Waals surface area contributed by atoms with Gasteiger partial charge in [0.15, 0.2) is 18.1 Å². The molecule has 4 rings (SSSR count). The molecule has 3 aromatic carbocycles. The summed E-state index contributed by atoms with van der Waals surface area (Å²) >= 11 is 0. The van der Waals surface area contributed by atoms with Gasteiger partial charge in [-0.05, 0) is 47.5 Å². The molecule has 7 heteroatoms. The van der Waals surface area contributed by atoms with Gasteiger partial charge in [-0.1, -0.05) is 36.4 Å². The molecule has 0 unspecified atom stereocenters. The number of carbonyl (C=O) groups is 2. The molecule has 1 aliphatic heterocycles. The Bertz CT molecular complexity index is 1190. The first-order valence-electron chi connectivity index (χ1n) is 10.4. The summed E-state index contributed by atoms with van der Waals surface area (Å²) < 4.78 is 16.1. The Morgan fingerprint density at radius 1 is 1.03 bits per heavy atom. The van der Waals surface area contributed by atoms with E-state index in [0.29, 0.717) is 35.2 Å². The lowest BCUT2D eigenvalue weighted by Crippen LogP contribution is -2.38. The van der Waals surface area contributed by atoms with E-state index in [1.165, 1.54) is 6.08 Å². The second-order valence-corrected chi connectivity index (χ2v) is 7.37. The second-order valence-electron chi connectivity index (χ2n) is 7.37. The number of fused-ring (bicyclic) bond motifs is 1. The van der Waals surface area contributed by atoms with Crippen molar-refractivity contribution in [3.8, 4) is 17.2 Å². The third kappa shape index (κ3) is 5.15. The van der Waals surface area contributed by atoms with E-state index in [2.05, 4.69) is 5.32 Å². The van der Waals surface area contributed by atoms with Crippen molar-refractivity contribution in [2.45, 2.75) is 6.54 Å². The van der Waals surface area contributed by atoms with Gasteiger partial charge in [0.2, 0.25) is 5.91 Å². The fraction of sp³-hybridized carbons (Fsp3) is 0.154. The van der Waals surface area contributed by atoms with Crippen LogP contribution in [0.1, 0.15) is 11.1 Å².